The molecule has 0 amide bonds. The second-order valence-electron chi connectivity index (χ2n) is 0.198. The van der Waals surface area contributed by atoms with Crippen LogP contribution in [0.25, 0.3) is 0 Å². The Hall–Kier alpha value is 1.95. The van der Waals surface area contributed by atoms with Gasteiger partial charge >= 0.3 is 13.8 Å². The van der Waals surface area contributed by atoms with Crippen LogP contribution in [-0.2, 0) is 40.8 Å². The molecule has 0 fully saturated rings. The van der Waals surface area contributed by atoms with Crippen molar-refractivity contribution in [1.29, 1.82) is 0 Å². The molecule has 0 aromatic rings. The molecular weight excluding hydrogens is 497 g/mol. The molecule has 48 valence electrons. The van der Waals surface area contributed by atoms with Gasteiger partial charge in [0.15, 0.2) is 0 Å². The van der Waals surface area contributed by atoms with Crippen molar-refractivity contribution >= 4 is 36.7 Å². The molecule has 8 heavy (non-hydrogen) atoms. The van der Waals surface area contributed by atoms with Crippen LogP contribution >= 0.6 is 22.9 Å². The summed E-state index contributed by atoms with van der Waals surface area (Å²) in [4.78, 5) is 0. The van der Waals surface area contributed by atoms with Crippen molar-refractivity contribution in [2.75, 3.05) is 0 Å². The van der Waals surface area contributed by atoms with E-state index in [1.54, 1.807) is 0 Å². The smallest absolute Gasteiger partial charge is 0.429 e. The minimum atomic E-state index is 0. The van der Waals surface area contributed by atoms with Gasteiger partial charge in [-0.25, -0.2) is 0 Å². The summed E-state index contributed by atoms with van der Waals surface area (Å²) in [6.07, 6.45) is 0.944. The van der Waals surface area contributed by atoms with E-state index in [2.05, 4.69) is 22.9 Å². The van der Waals surface area contributed by atoms with Crippen LogP contribution in [0.1, 0.15) is 0 Å². The van der Waals surface area contributed by atoms with Crippen LogP contribution in [0.3, 0.4) is 0 Å². The fourth-order valence-electron chi connectivity index (χ4n) is 0. The van der Waals surface area contributed by atoms with E-state index >= 15 is 0 Å². The van der Waals surface area contributed by atoms with Crippen molar-refractivity contribution in [3.8, 4) is 0 Å². The maximum Gasteiger partial charge on any atom is 0.482 e. The van der Waals surface area contributed by atoms with Gasteiger partial charge in [0.25, 0.3) is 0 Å². The van der Waals surface area contributed by atoms with Crippen LogP contribution < -0.4 is 0 Å². The fourth-order valence-corrected chi connectivity index (χ4v) is 0. The zero-order valence-corrected chi connectivity index (χ0v) is 10.5. The summed E-state index contributed by atoms with van der Waals surface area (Å²) in [6.45, 7) is 0. The maximum absolute atomic E-state index is 7.00. The first kappa shape index (κ1) is 22.5. The third-order valence-corrected chi connectivity index (χ3v) is 0. The molecule has 0 saturated heterocycles. The summed E-state index contributed by atoms with van der Waals surface area (Å²) in [7, 11) is 0. The van der Waals surface area contributed by atoms with Crippen molar-refractivity contribution in [2.45, 2.75) is 0 Å². The minimum Gasteiger partial charge on any atom is -0.429 e. The molecule has 0 aromatic heterocycles. The summed E-state index contributed by atoms with van der Waals surface area (Å²) in [5.74, 6) is 0. The van der Waals surface area contributed by atoms with Gasteiger partial charge in [0.05, 0.1) is 0 Å². The Bertz CT molecular complexity index is 18.0. The van der Waals surface area contributed by atoms with Crippen molar-refractivity contribution in [1.82, 2.24) is 0 Å². The number of hydrogen-bond acceptors (Lipinski definition) is 2. The molecule has 0 aliphatic rings. The monoisotopic (exact) mass is 500 g/mol. The van der Waals surface area contributed by atoms with Gasteiger partial charge in [-0.2, -0.15) is 22.9 Å². The predicted molar refractivity (Wildman–Crippen MR) is 27.7 cm³/mol. The standard InChI is InChI=1S/BCl2.BH2O2.2Re/c2*2-1-3;;/h;2-3H;;. The van der Waals surface area contributed by atoms with Crippen LogP contribution in [0.4, 0.5) is 0 Å². The van der Waals surface area contributed by atoms with Crippen molar-refractivity contribution in [2.24, 2.45) is 0 Å². The van der Waals surface area contributed by atoms with E-state index in [0.29, 0.717) is 0 Å². The second kappa shape index (κ2) is 36.2. The molecule has 0 unspecified atom stereocenters. The van der Waals surface area contributed by atoms with E-state index in [4.69, 9.17) is 10.0 Å². The zero-order chi connectivity index (χ0) is 5.41. The molecule has 0 bridgehead atoms. The second-order valence-corrected chi connectivity index (χ2v) is 0.858. The van der Waals surface area contributed by atoms with Gasteiger partial charge in [-0.05, 0) is 0 Å². The molecule has 2 nitrogen and oxygen atoms in total. The largest absolute Gasteiger partial charge is 0.482 e. The van der Waals surface area contributed by atoms with E-state index in [1.807, 2.05) is 0 Å². The molecule has 0 aromatic carbocycles. The fraction of sp³-hybridized carbons (Fsp3) is 0. The van der Waals surface area contributed by atoms with E-state index in [1.165, 1.54) is 0 Å². The molecule has 0 spiro atoms. The molecule has 4 radical (unpaired) electrons. The summed E-state index contributed by atoms with van der Waals surface area (Å²) < 4.78 is 0. The molecule has 2 N–H and O–H groups in total. The molecule has 8 heteroatoms. The molecule has 0 rings (SSSR count). The van der Waals surface area contributed by atoms with E-state index < -0.39 is 0 Å². The van der Waals surface area contributed by atoms with Gasteiger partial charge < -0.3 is 10.0 Å². The number of hydrogen-bond donors (Lipinski definition) is 2. The summed E-state index contributed by atoms with van der Waals surface area (Å²) >= 11 is 9.28. The van der Waals surface area contributed by atoms with Crippen molar-refractivity contribution in [3.05, 3.63) is 0 Å². The van der Waals surface area contributed by atoms with Crippen molar-refractivity contribution in [3.63, 3.8) is 0 Å². The van der Waals surface area contributed by atoms with Crippen LogP contribution in [-0.4, -0.2) is 23.8 Å². The zero-order valence-electron chi connectivity index (χ0n) is 3.56. The minimum absolute atomic E-state index is 0. The SMILES string of the molecule is Cl[B]Cl.O[B]O.[Re].[Re]. The van der Waals surface area contributed by atoms with E-state index in [9.17, 15) is 0 Å². The first-order valence-corrected chi connectivity index (χ1v) is 1.83. The summed E-state index contributed by atoms with van der Waals surface area (Å²) in [6, 6.07) is 0. The molecule has 0 aliphatic carbocycles. The Morgan fingerprint density at radius 3 is 1.00 bits per heavy atom. The molecule has 0 atom stereocenters. The van der Waals surface area contributed by atoms with Gasteiger partial charge in [-0.1, -0.05) is 0 Å². The quantitative estimate of drug-likeness (QED) is 0.442. The van der Waals surface area contributed by atoms with E-state index in [-0.39, 0.29) is 48.5 Å². The van der Waals surface area contributed by atoms with Crippen LogP contribution in [0.15, 0.2) is 0 Å². The Morgan fingerprint density at radius 2 is 1.00 bits per heavy atom. The molecular formula is H2B2Cl2O2Re2. The van der Waals surface area contributed by atoms with Gasteiger partial charge in [-0.15, -0.1) is 0 Å². The Kier molecular flexibility index (Phi) is 102. The first-order chi connectivity index (χ1) is 2.83. The Labute approximate surface area is 87.0 Å². The van der Waals surface area contributed by atoms with Crippen LogP contribution in [0.5, 0.6) is 0 Å². The molecule has 0 aliphatic heterocycles. The number of rotatable bonds is 0. The van der Waals surface area contributed by atoms with Crippen molar-refractivity contribution < 1.29 is 50.9 Å². The maximum atomic E-state index is 7.00. The average molecular weight is 499 g/mol. The topological polar surface area (TPSA) is 40.5 Å². The summed E-state index contributed by atoms with van der Waals surface area (Å²) in [5, 5.41) is 14.0. The summed E-state index contributed by atoms with van der Waals surface area (Å²) in [5.41, 5.74) is 0. The van der Waals surface area contributed by atoms with Crippen LogP contribution in [0, 0.1) is 0 Å². The van der Waals surface area contributed by atoms with Gasteiger partial charge in [-0.3, -0.25) is 0 Å². The Balaban J connectivity index is -0.0000000160. The normalized spacial score (nSPS) is 3.50. The van der Waals surface area contributed by atoms with Gasteiger partial charge in [0.2, 0.25) is 0 Å². The average Bonchev–Trinajstić information content (AvgIpc) is 1.39. The van der Waals surface area contributed by atoms with Crippen LogP contribution in [0.2, 0.25) is 0 Å². The third kappa shape index (κ3) is 101. The molecule has 0 heterocycles. The predicted octanol–water partition coefficient (Wildman–Crippen LogP) is -0.502. The van der Waals surface area contributed by atoms with Gasteiger partial charge in [0.1, 0.15) is 0 Å². The van der Waals surface area contributed by atoms with E-state index in [0.717, 1.165) is 6.11 Å². The molecule has 0 saturated carbocycles. The first-order valence-electron chi connectivity index (χ1n) is 0.953. The third-order valence-electron chi connectivity index (χ3n) is 0. The Morgan fingerprint density at radius 1 is 1.00 bits per heavy atom. The van der Waals surface area contributed by atoms with Gasteiger partial charge in [0, 0.05) is 40.8 Å². The number of halogens is 2.